The Labute approximate surface area is 129 Å². The highest BCUT2D eigenvalue weighted by Crippen LogP contribution is 2.18. The first-order chi connectivity index (χ1) is 10.4. The quantitative estimate of drug-likeness (QED) is 0.327. The van der Waals surface area contributed by atoms with Crippen molar-refractivity contribution in [2.75, 3.05) is 13.2 Å². The van der Waals surface area contributed by atoms with E-state index in [2.05, 4.69) is 37.3 Å². The van der Waals surface area contributed by atoms with Gasteiger partial charge in [0.15, 0.2) is 0 Å². The van der Waals surface area contributed by atoms with Gasteiger partial charge >= 0.3 is 0 Å². The number of allylic oxidation sites excluding steroid dienone is 2. The molecular weight excluding hydrogens is 260 g/mol. The second-order valence-corrected chi connectivity index (χ2v) is 5.77. The number of unbranched alkanes of at least 4 members (excludes halogenated alkanes) is 4. The van der Waals surface area contributed by atoms with E-state index in [1.54, 1.807) is 0 Å². The van der Waals surface area contributed by atoms with Crippen molar-refractivity contribution in [3.63, 3.8) is 0 Å². The highest BCUT2D eigenvalue weighted by molar-refractivity contribution is 5.28. The summed E-state index contributed by atoms with van der Waals surface area (Å²) in [6, 6.07) is 8.46. The second kappa shape index (κ2) is 9.62. The number of hydrogen-bond acceptors (Lipinski definition) is 2. The zero-order chi connectivity index (χ0) is 14.8. The topological polar surface area (TPSA) is 21.8 Å². The van der Waals surface area contributed by atoms with Gasteiger partial charge in [0.05, 0.1) is 6.61 Å². The van der Waals surface area contributed by atoms with Crippen LogP contribution in [0.2, 0.25) is 0 Å². The Morgan fingerprint density at radius 1 is 1.19 bits per heavy atom. The van der Waals surface area contributed by atoms with Crippen molar-refractivity contribution in [2.45, 2.75) is 58.0 Å². The number of epoxide rings is 1. The van der Waals surface area contributed by atoms with E-state index in [1.807, 2.05) is 6.07 Å². The maximum Gasteiger partial charge on any atom is 0.119 e. The van der Waals surface area contributed by atoms with Gasteiger partial charge in [0.2, 0.25) is 0 Å². The van der Waals surface area contributed by atoms with Gasteiger partial charge < -0.3 is 9.47 Å². The third-order valence-corrected chi connectivity index (χ3v) is 3.71. The van der Waals surface area contributed by atoms with Gasteiger partial charge in [-0.15, -0.1) is 0 Å². The van der Waals surface area contributed by atoms with Crippen LogP contribution in [0.1, 0.15) is 51.0 Å². The van der Waals surface area contributed by atoms with Crippen LogP contribution in [0, 0.1) is 0 Å². The summed E-state index contributed by atoms with van der Waals surface area (Å²) in [5.74, 6) is 0.970. The van der Waals surface area contributed by atoms with Gasteiger partial charge in [-0.1, -0.05) is 44.1 Å². The summed E-state index contributed by atoms with van der Waals surface area (Å²) in [6.07, 6.45) is 13.7. The van der Waals surface area contributed by atoms with E-state index >= 15 is 0 Å². The van der Waals surface area contributed by atoms with Crippen LogP contribution < -0.4 is 4.74 Å². The van der Waals surface area contributed by atoms with Crippen LogP contribution in [-0.4, -0.2) is 19.3 Å². The molecule has 0 aromatic heterocycles. The molecule has 116 valence electrons. The molecule has 2 nitrogen and oxygen atoms in total. The maximum absolute atomic E-state index is 5.71. The first-order valence-corrected chi connectivity index (χ1v) is 8.37. The smallest absolute Gasteiger partial charge is 0.119 e. The second-order valence-electron chi connectivity index (χ2n) is 5.77. The van der Waals surface area contributed by atoms with Crippen LogP contribution in [0.15, 0.2) is 36.4 Å². The molecule has 1 atom stereocenters. The van der Waals surface area contributed by atoms with Crippen LogP contribution in [0.4, 0.5) is 0 Å². The zero-order valence-electron chi connectivity index (χ0n) is 13.2. The molecule has 0 N–H and O–H groups in total. The Kier molecular flexibility index (Phi) is 7.37. The highest BCUT2D eigenvalue weighted by atomic mass is 16.6. The molecule has 0 spiro atoms. The van der Waals surface area contributed by atoms with E-state index in [0.717, 1.165) is 18.8 Å². The molecule has 0 aliphatic carbocycles. The van der Waals surface area contributed by atoms with Gasteiger partial charge in [-0.05, 0) is 49.8 Å². The first-order valence-electron chi connectivity index (χ1n) is 8.37. The Bertz CT molecular complexity index is 421. The van der Waals surface area contributed by atoms with Gasteiger partial charge in [0.1, 0.15) is 18.5 Å². The molecule has 0 bridgehead atoms. The molecule has 2 rings (SSSR count). The van der Waals surface area contributed by atoms with Crippen molar-refractivity contribution in [2.24, 2.45) is 0 Å². The van der Waals surface area contributed by atoms with E-state index in [9.17, 15) is 0 Å². The molecule has 1 saturated heterocycles. The summed E-state index contributed by atoms with van der Waals surface area (Å²) in [5, 5.41) is 0. The van der Waals surface area contributed by atoms with Gasteiger partial charge in [-0.3, -0.25) is 0 Å². The average Bonchev–Trinajstić information content (AvgIpc) is 3.33. The van der Waals surface area contributed by atoms with Gasteiger partial charge in [0, 0.05) is 0 Å². The van der Waals surface area contributed by atoms with Crippen molar-refractivity contribution >= 4 is 0 Å². The normalized spacial score (nSPS) is 17.3. The van der Waals surface area contributed by atoms with Crippen LogP contribution in [0.25, 0.3) is 0 Å². The van der Waals surface area contributed by atoms with Crippen LogP contribution in [0.3, 0.4) is 0 Å². The molecule has 1 aromatic carbocycles. The standard InChI is InChI=1S/C19H28O2/c1-2-3-4-5-6-7-8-9-11-17-12-10-13-18(14-17)20-15-19-16-21-19/h6-7,10,12-14,19H,2-5,8-9,11,15-16H2,1H3/b7-6+. The fraction of sp³-hybridized carbons (Fsp3) is 0.579. The minimum Gasteiger partial charge on any atom is -0.491 e. The van der Waals surface area contributed by atoms with E-state index in [0.29, 0.717) is 12.7 Å². The Balaban J connectivity index is 1.59. The number of hydrogen-bond donors (Lipinski definition) is 0. The molecule has 1 unspecified atom stereocenters. The summed E-state index contributed by atoms with van der Waals surface area (Å²) in [7, 11) is 0. The number of aryl methyl sites for hydroxylation is 1. The predicted octanol–water partition coefficient (Wildman–Crippen LogP) is 4.92. The molecule has 0 radical (unpaired) electrons. The molecule has 1 heterocycles. The number of benzene rings is 1. The number of ether oxygens (including phenoxy) is 2. The minimum absolute atomic E-state index is 0.325. The fourth-order valence-corrected chi connectivity index (χ4v) is 2.32. The SMILES string of the molecule is CCCCC/C=C/CCCc1cccc(OCC2CO2)c1. The van der Waals surface area contributed by atoms with E-state index in [-0.39, 0.29) is 0 Å². The molecule has 1 aliphatic rings. The summed E-state index contributed by atoms with van der Waals surface area (Å²) < 4.78 is 10.9. The zero-order valence-corrected chi connectivity index (χ0v) is 13.2. The van der Waals surface area contributed by atoms with Crippen molar-refractivity contribution in [3.05, 3.63) is 42.0 Å². The van der Waals surface area contributed by atoms with Crippen LogP contribution >= 0.6 is 0 Å². The Hall–Kier alpha value is -1.28. The highest BCUT2D eigenvalue weighted by Gasteiger charge is 2.22. The molecule has 1 aromatic rings. The third kappa shape index (κ3) is 7.33. The van der Waals surface area contributed by atoms with Crippen LogP contribution in [-0.2, 0) is 11.2 Å². The van der Waals surface area contributed by atoms with Crippen molar-refractivity contribution in [1.82, 2.24) is 0 Å². The molecule has 0 amide bonds. The summed E-state index contributed by atoms with van der Waals surface area (Å²) in [6.45, 7) is 3.79. The molecule has 21 heavy (non-hydrogen) atoms. The lowest BCUT2D eigenvalue weighted by Crippen LogP contribution is -2.04. The average molecular weight is 288 g/mol. The first kappa shape index (κ1) is 16.1. The van der Waals surface area contributed by atoms with Gasteiger partial charge in [-0.25, -0.2) is 0 Å². The molecule has 2 heteroatoms. The molecular formula is C19H28O2. The monoisotopic (exact) mass is 288 g/mol. The lowest BCUT2D eigenvalue weighted by molar-refractivity contribution is 0.263. The number of rotatable bonds is 11. The molecule has 1 aliphatic heterocycles. The Morgan fingerprint density at radius 2 is 2.00 bits per heavy atom. The lowest BCUT2D eigenvalue weighted by Gasteiger charge is -2.06. The van der Waals surface area contributed by atoms with E-state index < -0.39 is 0 Å². The lowest BCUT2D eigenvalue weighted by atomic mass is 10.1. The van der Waals surface area contributed by atoms with Crippen molar-refractivity contribution in [3.8, 4) is 5.75 Å². The van der Waals surface area contributed by atoms with Crippen molar-refractivity contribution < 1.29 is 9.47 Å². The summed E-state index contributed by atoms with van der Waals surface area (Å²) >= 11 is 0. The molecule has 0 saturated carbocycles. The largest absolute Gasteiger partial charge is 0.491 e. The van der Waals surface area contributed by atoms with E-state index in [1.165, 1.54) is 44.1 Å². The van der Waals surface area contributed by atoms with Gasteiger partial charge in [0.25, 0.3) is 0 Å². The van der Waals surface area contributed by atoms with Crippen LogP contribution in [0.5, 0.6) is 5.75 Å². The minimum atomic E-state index is 0.325. The maximum atomic E-state index is 5.71. The van der Waals surface area contributed by atoms with Crippen molar-refractivity contribution in [1.29, 1.82) is 0 Å². The third-order valence-electron chi connectivity index (χ3n) is 3.71. The van der Waals surface area contributed by atoms with E-state index in [4.69, 9.17) is 9.47 Å². The predicted molar refractivity (Wildman–Crippen MR) is 87.9 cm³/mol. The Morgan fingerprint density at radius 3 is 2.76 bits per heavy atom. The molecule has 1 fully saturated rings. The summed E-state index contributed by atoms with van der Waals surface area (Å²) in [4.78, 5) is 0. The fourth-order valence-electron chi connectivity index (χ4n) is 2.32. The summed E-state index contributed by atoms with van der Waals surface area (Å²) in [5.41, 5.74) is 1.36. The van der Waals surface area contributed by atoms with Gasteiger partial charge in [-0.2, -0.15) is 0 Å².